The summed E-state index contributed by atoms with van der Waals surface area (Å²) < 4.78 is 9.63. The van der Waals surface area contributed by atoms with E-state index < -0.39 is 0 Å². The molecule has 30 heavy (non-hydrogen) atoms. The molecule has 4 aliphatic carbocycles. The van der Waals surface area contributed by atoms with Crippen LogP contribution in [-0.4, -0.2) is 36.1 Å². The number of hydrogen-bond donors (Lipinski definition) is 0. The molecule has 0 radical (unpaired) electrons. The molecule has 2 heterocycles. The highest BCUT2D eigenvalue weighted by atomic mass is 16.5. The van der Waals surface area contributed by atoms with Gasteiger partial charge in [0, 0.05) is 34.6 Å². The highest BCUT2D eigenvalue weighted by Crippen LogP contribution is 2.65. The van der Waals surface area contributed by atoms with Crippen LogP contribution >= 0.6 is 0 Å². The van der Waals surface area contributed by atoms with Gasteiger partial charge < -0.3 is 9.47 Å². The molecule has 156 valence electrons. The SMILES string of the molecule is COC(=O)c1ccc(C23CC4CC(C2)CC(c2ccc(C(=O)OC)cn2)(C4)C3)nc1. The molecular weight excluding hydrogens is 380 g/mol. The van der Waals surface area contributed by atoms with E-state index in [1.807, 2.05) is 24.3 Å². The van der Waals surface area contributed by atoms with Gasteiger partial charge in [-0.3, -0.25) is 9.97 Å². The largest absolute Gasteiger partial charge is 0.465 e. The van der Waals surface area contributed by atoms with Gasteiger partial charge in [-0.25, -0.2) is 9.59 Å². The molecule has 2 aromatic heterocycles. The number of nitrogens with zero attached hydrogens (tertiary/aromatic N) is 2. The second-order valence-corrected chi connectivity index (χ2v) is 9.37. The molecule has 6 heteroatoms. The van der Waals surface area contributed by atoms with E-state index in [4.69, 9.17) is 19.4 Å². The molecule has 6 rings (SSSR count). The molecular formula is C24H26N2O4. The summed E-state index contributed by atoms with van der Waals surface area (Å²) in [6, 6.07) is 7.70. The highest BCUT2D eigenvalue weighted by Gasteiger charge is 2.59. The Bertz CT molecular complexity index is 892. The molecule has 0 unspecified atom stereocenters. The number of carbonyl (C=O) groups excluding carboxylic acids is 2. The van der Waals surface area contributed by atoms with Gasteiger partial charge in [0.2, 0.25) is 0 Å². The quantitative estimate of drug-likeness (QED) is 0.718. The van der Waals surface area contributed by atoms with Gasteiger partial charge in [0.05, 0.1) is 25.3 Å². The number of ether oxygens (including phenoxy) is 2. The van der Waals surface area contributed by atoms with Crippen molar-refractivity contribution in [3.05, 3.63) is 59.2 Å². The number of hydrogen-bond acceptors (Lipinski definition) is 6. The molecule has 0 amide bonds. The van der Waals surface area contributed by atoms with Crippen LogP contribution in [0.15, 0.2) is 36.7 Å². The minimum Gasteiger partial charge on any atom is -0.465 e. The van der Waals surface area contributed by atoms with Crippen LogP contribution in [0.3, 0.4) is 0 Å². The predicted molar refractivity (Wildman–Crippen MR) is 109 cm³/mol. The topological polar surface area (TPSA) is 78.4 Å². The predicted octanol–water partition coefficient (Wildman–Crippen LogP) is 3.84. The molecule has 4 bridgehead atoms. The Morgan fingerprint density at radius 2 is 1.23 bits per heavy atom. The van der Waals surface area contributed by atoms with Crippen LogP contribution < -0.4 is 0 Å². The van der Waals surface area contributed by atoms with Gasteiger partial charge in [-0.1, -0.05) is 0 Å². The summed E-state index contributed by atoms with van der Waals surface area (Å²) in [5.41, 5.74) is 3.20. The highest BCUT2D eigenvalue weighted by molar-refractivity contribution is 5.89. The Balaban J connectivity index is 1.49. The Kier molecular flexibility index (Phi) is 4.42. The summed E-state index contributed by atoms with van der Waals surface area (Å²) in [5, 5.41) is 0. The lowest BCUT2D eigenvalue weighted by atomic mass is 9.43. The van der Waals surface area contributed by atoms with Gasteiger partial charge >= 0.3 is 11.9 Å². The normalized spacial score (nSPS) is 31.4. The molecule has 4 saturated carbocycles. The standard InChI is InChI=1S/C24H26N2O4/c1-29-21(27)17-3-5-19(25-12-17)23-8-15-7-16(9-23)11-24(10-15,14-23)20-6-4-18(13-26-20)22(28)30-2/h3-6,12-13,15-16H,7-11,14H2,1-2H3. The van der Waals surface area contributed by atoms with E-state index in [9.17, 15) is 9.59 Å². The summed E-state index contributed by atoms with van der Waals surface area (Å²) in [6.07, 6.45) is 10.2. The number of aromatic nitrogens is 2. The Labute approximate surface area is 176 Å². The zero-order chi connectivity index (χ0) is 20.9. The van der Waals surface area contributed by atoms with Crippen molar-refractivity contribution in [1.29, 1.82) is 0 Å². The lowest BCUT2D eigenvalue weighted by Gasteiger charge is -2.61. The van der Waals surface area contributed by atoms with E-state index in [-0.39, 0.29) is 22.8 Å². The minimum absolute atomic E-state index is 0.0292. The molecule has 0 saturated heterocycles. The van der Waals surface area contributed by atoms with Crippen molar-refractivity contribution in [1.82, 2.24) is 9.97 Å². The maximum atomic E-state index is 11.8. The molecule has 6 nitrogen and oxygen atoms in total. The third-order valence-electron chi connectivity index (χ3n) is 7.52. The zero-order valence-corrected chi connectivity index (χ0v) is 17.4. The molecule has 0 aliphatic heterocycles. The summed E-state index contributed by atoms with van der Waals surface area (Å²) >= 11 is 0. The molecule has 4 aliphatic rings. The molecule has 2 aromatic rings. The van der Waals surface area contributed by atoms with Crippen molar-refractivity contribution < 1.29 is 19.1 Å². The first-order chi connectivity index (χ1) is 14.5. The van der Waals surface area contributed by atoms with Gasteiger partial charge in [0.1, 0.15) is 0 Å². The van der Waals surface area contributed by atoms with Crippen LogP contribution in [0.1, 0.15) is 70.6 Å². The number of rotatable bonds is 4. The maximum Gasteiger partial charge on any atom is 0.339 e. The van der Waals surface area contributed by atoms with Crippen molar-refractivity contribution >= 4 is 11.9 Å². The van der Waals surface area contributed by atoms with E-state index >= 15 is 0 Å². The smallest absolute Gasteiger partial charge is 0.339 e. The second kappa shape index (κ2) is 6.89. The number of esters is 2. The van der Waals surface area contributed by atoms with Crippen molar-refractivity contribution in [2.24, 2.45) is 11.8 Å². The van der Waals surface area contributed by atoms with Gasteiger partial charge in [-0.2, -0.15) is 0 Å². The lowest BCUT2D eigenvalue weighted by Crippen LogP contribution is -2.56. The first-order valence-corrected chi connectivity index (χ1v) is 10.6. The van der Waals surface area contributed by atoms with Crippen LogP contribution in [0.5, 0.6) is 0 Å². The summed E-state index contributed by atoms with van der Waals surface area (Å²) in [4.78, 5) is 33.1. The third-order valence-corrected chi connectivity index (χ3v) is 7.52. The average molecular weight is 406 g/mol. The molecule has 4 fully saturated rings. The molecule has 0 aromatic carbocycles. The van der Waals surface area contributed by atoms with Crippen molar-refractivity contribution in [3.63, 3.8) is 0 Å². The Morgan fingerprint density at radius 1 is 0.800 bits per heavy atom. The van der Waals surface area contributed by atoms with E-state index in [1.165, 1.54) is 20.6 Å². The summed E-state index contributed by atoms with van der Waals surface area (Å²) in [7, 11) is 2.77. The fourth-order valence-electron chi connectivity index (χ4n) is 6.75. The minimum atomic E-state index is -0.356. The average Bonchev–Trinajstić information content (AvgIpc) is 2.77. The third kappa shape index (κ3) is 2.92. The fraction of sp³-hybridized carbons (Fsp3) is 0.500. The van der Waals surface area contributed by atoms with Crippen LogP contribution in [0.2, 0.25) is 0 Å². The monoisotopic (exact) mass is 406 g/mol. The van der Waals surface area contributed by atoms with Crippen molar-refractivity contribution in [3.8, 4) is 0 Å². The Hall–Kier alpha value is -2.76. The van der Waals surface area contributed by atoms with Crippen LogP contribution in [0.4, 0.5) is 0 Å². The lowest BCUT2D eigenvalue weighted by molar-refractivity contribution is -0.0317. The van der Waals surface area contributed by atoms with E-state index in [0.717, 1.165) is 43.5 Å². The maximum absolute atomic E-state index is 11.8. The van der Waals surface area contributed by atoms with Crippen LogP contribution in [0.25, 0.3) is 0 Å². The second-order valence-electron chi connectivity index (χ2n) is 9.37. The van der Waals surface area contributed by atoms with Gasteiger partial charge in [-0.05, 0) is 74.6 Å². The van der Waals surface area contributed by atoms with E-state index in [0.29, 0.717) is 23.0 Å². The first kappa shape index (κ1) is 19.2. The van der Waals surface area contributed by atoms with Gasteiger partial charge in [0.25, 0.3) is 0 Å². The first-order valence-electron chi connectivity index (χ1n) is 10.6. The number of methoxy groups -OCH3 is 2. The van der Waals surface area contributed by atoms with Gasteiger partial charge in [0.15, 0.2) is 0 Å². The number of carbonyl (C=O) groups is 2. The summed E-state index contributed by atoms with van der Waals surface area (Å²) in [6.45, 7) is 0. The number of pyridine rings is 2. The van der Waals surface area contributed by atoms with Crippen molar-refractivity contribution in [2.75, 3.05) is 14.2 Å². The van der Waals surface area contributed by atoms with Gasteiger partial charge in [-0.15, -0.1) is 0 Å². The molecule has 0 N–H and O–H groups in total. The van der Waals surface area contributed by atoms with Crippen LogP contribution in [0, 0.1) is 11.8 Å². The van der Waals surface area contributed by atoms with E-state index in [1.54, 1.807) is 12.4 Å². The van der Waals surface area contributed by atoms with Crippen LogP contribution in [-0.2, 0) is 20.3 Å². The fourth-order valence-corrected chi connectivity index (χ4v) is 6.75. The molecule has 0 spiro atoms. The zero-order valence-electron chi connectivity index (χ0n) is 17.4. The summed E-state index contributed by atoms with van der Waals surface area (Å²) in [5.74, 6) is 0.614. The Morgan fingerprint density at radius 3 is 1.57 bits per heavy atom. The molecule has 0 atom stereocenters. The van der Waals surface area contributed by atoms with E-state index in [2.05, 4.69) is 0 Å². The van der Waals surface area contributed by atoms with Crippen molar-refractivity contribution in [2.45, 2.75) is 49.4 Å².